The molecule has 0 bridgehead atoms. The van der Waals surface area contributed by atoms with Gasteiger partial charge in [0, 0.05) is 13.8 Å². The maximum absolute atomic E-state index is 10.8. The van der Waals surface area contributed by atoms with Gasteiger partial charge in [0.15, 0.2) is 12.2 Å². The van der Waals surface area contributed by atoms with Gasteiger partial charge in [0.05, 0.1) is 13.2 Å². The molecule has 8 heteroatoms. The van der Waals surface area contributed by atoms with Gasteiger partial charge in [0.25, 0.3) is 0 Å². The lowest BCUT2D eigenvalue weighted by atomic mass is 10.0. The molecule has 0 aromatic heterocycles. The van der Waals surface area contributed by atoms with Crippen molar-refractivity contribution in [3.8, 4) is 0 Å². The van der Waals surface area contributed by atoms with E-state index in [-0.39, 0.29) is 0 Å². The van der Waals surface area contributed by atoms with Gasteiger partial charge >= 0.3 is 11.9 Å². The van der Waals surface area contributed by atoms with Crippen LogP contribution in [0.15, 0.2) is 0 Å². The number of rotatable bonds is 7. The fourth-order valence-corrected chi connectivity index (χ4v) is 1.31. The Morgan fingerprint density at radius 2 is 1.50 bits per heavy atom. The highest BCUT2D eigenvalue weighted by molar-refractivity contribution is 5.67. The molecular formula is C10H18O8. The molecule has 8 nitrogen and oxygen atoms in total. The van der Waals surface area contributed by atoms with Crippen LogP contribution in [-0.2, 0) is 19.1 Å². The monoisotopic (exact) mass is 266 g/mol. The highest BCUT2D eigenvalue weighted by Crippen LogP contribution is 2.12. The highest BCUT2D eigenvalue weighted by atomic mass is 16.6. The fourth-order valence-electron chi connectivity index (χ4n) is 1.31. The molecule has 0 radical (unpaired) electrons. The molecule has 0 aromatic carbocycles. The number of hydrogen-bond acceptors (Lipinski definition) is 8. The van der Waals surface area contributed by atoms with Gasteiger partial charge in [-0.1, -0.05) is 0 Å². The molecule has 106 valence electrons. The summed E-state index contributed by atoms with van der Waals surface area (Å²) in [4.78, 5) is 21.6. The van der Waals surface area contributed by atoms with Gasteiger partial charge in [0.2, 0.25) is 0 Å². The molecule has 0 saturated carbocycles. The van der Waals surface area contributed by atoms with E-state index in [1.807, 2.05) is 0 Å². The summed E-state index contributed by atoms with van der Waals surface area (Å²) in [5, 5.41) is 36.9. The summed E-state index contributed by atoms with van der Waals surface area (Å²) in [5.74, 6) is -1.56. The van der Waals surface area contributed by atoms with E-state index in [0.29, 0.717) is 0 Å². The van der Waals surface area contributed by atoms with Crippen LogP contribution in [0.3, 0.4) is 0 Å². The highest BCUT2D eigenvalue weighted by Gasteiger charge is 2.36. The van der Waals surface area contributed by atoms with Gasteiger partial charge in [-0.25, -0.2) is 0 Å². The van der Waals surface area contributed by atoms with E-state index < -0.39 is 49.6 Å². The van der Waals surface area contributed by atoms with Crippen LogP contribution in [0, 0.1) is 0 Å². The van der Waals surface area contributed by atoms with Crippen molar-refractivity contribution >= 4 is 11.9 Å². The van der Waals surface area contributed by atoms with Gasteiger partial charge in [-0.15, -0.1) is 0 Å². The number of esters is 2. The van der Waals surface area contributed by atoms with E-state index in [9.17, 15) is 19.8 Å². The summed E-state index contributed by atoms with van der Waals surface area (Å²) < 4.78 is 9.22. The first-order chi connectivity index (χ1) is 8.33. The zero-order chi connectivity index (χ0) is 14.3. The number of aliphatic hydroxyl groups excluding tert-OH is 4. The summed E-state index contributed by atoms with van der Waals surface area (Å²) in [6.45, 7) is 0.617. The Labute approximate surface area is 104 Å². The van der Waals surface area contributed by atoms with E-state index in [2.05, 4.69) is 9.47 Å². The molecule has 18 heavy (non-hydrogen) atoms. The number of aliphatic hydroxyl groups is 4. The van der Waals surface area contributed by atoms with E-state index in [0.717, 1.165) is 13.8 Å². The molecule has 0 aromatic rings. The van der Waals surface area contributed by atoms with Crippen LogP contribution < -0.4 is 0 Å². The lowest BCUT2D eigenvalue weighted by molar-refractivity contribution is -0.184. The molecule has 0 heterocycles. The second kappa shape index (κ2) is 7.98. The Morgan fingerprint density at radius 3 is 1.83 bits per heavy atom. The summed E-state index contributed by atoms with van der Waals surface area (Å²) in [5.41, 5.74) is 0. The maximum Gasteiger partial charge on any atom is 0.303 e. The van der Waals surface area contributed by atoms with Crippen LogP contribution in [0.25, 0.3) is 0 Å². The van der Waals surface area contributed by atoms with Gasteiger partial charge in [-0.05, 0) is 0 Å². The Kier molecular flexibility index (Phi) is 7.44. The molecule has 0 aliphatic heterocycles. The third kappa shape index (κ3) is 5.41. The molecule has 4 N–H and O–H groups in total. The van der Waals surface area contributed by atoms with Crippen LogP contribution in [0.2, 0.25) is 0 Å². The smallest absolute Gasteiger partial charge is 0.303 e. The lowest BCUT2D eigenvalue weighted by Gasteiger charge is -2.30. The predicted molar refractivity (Wildman–Crippen MR) is 57.3 cm³/mol. The standard InChI is InChI=1S/C10H18O8/c1-5(13)17-8(4-12)9(16)10(7(15)3-11)18-6(2)14/h7-12,15-16H,3-4H2,1-2H3/t7-,8+,9+,10+/m0/s1. The van der Waals surface area contributed by atoms with E-state index in [1.54, 1.807) is 0 Å². The first kappa shape index (κ1) is 16.8. The average molecular weight is 266 g/mol. The topological polar surface area (TPSA) is 134 Å². The molecule has 0 saturated heterocycles. The van der Waals surface area contributed by atoms with Crippen molar-refractivity contribution in [2.75, 3.05) is 13.2 Å². The minimum atomic E-state index is -1.66. The summed E-state index contributed by atoms with van der Waals surface area (Å²) in [7, 11) is 0. The van der Waals surface area contributed by atoms with E-state index in [4.69, 9.17) is 10.2 Å². The molecule has 0 rings (SSSR count). The zero-order valence-corrected chi connectivity index (χ0v) is 10.1. The fraction of sp³-hybridized carbons (Fsp3) is 0.800. The third-order valence-corrected chi connectivity index (χ3v) is 2.08. The van der Waals surface area contributed by atoms with Crippen LogP contribution >= 0.6 is 0 Å². The van der Waals surface area contributed by atoms with Gasteiger partial charge in [-0.3, -0.25) is 9.59 Å². The molecule has 0 aliphatic rings. The predicted octanol–water partition coefficient (Wildman–Crippen LogP) is -2.44. The molecule has 0 amide bonds. The van der Waals surface area contributed by atoms with Crippen LogP contribution in [0.4, 0.5) is 0 Å². The first-order valence-corrected chi connectivity index (χ1v) is 5.25. The summed E-state index contributed by atoms with van der Waals surface area (Å²) in [6.07, 6.45) is -6.10. The van der Waals surface area contributed by atoms with Crippen molar-refractivity contribution in [2.45, 2.75) is 38.3 Å². The number of carbonyl (C=O) groups excluding carboxylic acids is 2. The Morgan fingerprint density at radius 1 is 1.00 bits per heavy atom. The van der Waals surface area contributed by atoms with E-state index in [1.165, 1.54) is 0 Å². The Hall–Kier alpha value is -1.22. The van der Waals surface area contributed by atoms with Crippen LogP contribution in [-0.4, -0.2) is 70.0 Å². The minimum Gasteiger partial charge on any atom is -0.457 e. The largest absolute Gasteiger partial charge is 0.457 e. The lowest BCUT2D eigenvalue weighted by Crippen LogP contribution is -2.50. The van der Waals surface area contributed by atoms with Crippen LogP contribution in [0.1, 0.15) is 13.8 Å². The molecule has 4 atom stereocenters. The van der Waals surface area contributed by atoms with Crippen molar-refractivity contribution in [3.63, 3.8) is 0 Å². The average Bonchev–Trinajstić information content (AvgIpc) is 2.30. The van der Waals surface area contributed by atoms with Crippen molar-refractivity contribution in [1.82, 2.24) is 0 Å². The second-order valence-electron chi connectivity index (χ2n) is 3.65. The second-order valence-corrected chi connectivity index (χ2v) is 3.65. The summed E-state index contributed by atoms with van der Waals surface area (Å²) in [6, 6.07) is 0. The molecular weight excluding hydrogens is 248 g/mol. The number of carbonyl (C=O) groups is 2. The van der Waals surface area contributed by atoms with Crippen molar-refractivity contribution in [2.24, 2.45) is 0 Å². The van der Waals surface area contributed by atoms with Crippen LogP contribution in [0.5, 0.6) is 0 Å². The SMILES string of the molecule is CC(=O)O[C@@H]([C@H](O)[C@@H](CO)OC(C)=O)[C@@H](O)CO. The number of ether oxygens (including phenoxy) is 2. The zero-order valence-electron chi connectivity index (χ0n) is 10.1. The Balaban J connectivity index is 4.83. The van der Waals surface area contributed by atoms with Crippen molar-refractivity contribution in [1.29, 1.82) is 0 Å². The van der Waals surface area contributed by atoms with Gasteiger partial charge < -0.3 is 29.9 Å². The first-order valence-electron chi connectivity index (χ1n) is 5.25. The molecule has 0 spiro atoms. The van der Waals surface area contributed by atoms with Crippen molar-refractivity contribution < 1.29 is 39.5 Å². The quantitative estimate of drug-likeness (QED) is 0.373. The van der Waals surface area contributed by atoms with Gasteiger partial charge in [-0.2, -0.15) is 0 Å². The minimum absolute atomic E-state index is 0.726. The molecule has 0 fully saturated rings. The van der Waals surface area contributed by atoms with E-state index >= 15 is 0 Å². The summed E-state index contributed by atoms with van der Waals surface area (Å²) >= 11 is 0. The molecule has 0 unspecified atom stereocenters. The third-order valence-electron chi connectivity index (χ3n) is 2.08. The molecule has 0 aliphatic carbocycles. The number of hydrogen-bond donors (Lipinski definition) is 4. The van der Waals surface area contributed by atoms with Crippen molar-refractivity contribution in [3.05, 3.63) is 0 Å². The maximum atomic E-state index is 10.8. The normalized spacial score (nSPS) is 17.4. The van der Waals surface area contributed by atoms with Gasteiger partial charge in [0.1, 0.15) is 12.2 Å². The Bertz CT molecular complexity index is 279.